The molecule has 0 bridgehead atoms. The molecule has 0 aliphatic carbocycles. The maximum Gasteiger partial charge on any atom is 0.490 e. The second kappa shape index (κ2) is 11.1. The molecule has 33 heavy (non-hydrogen) atoms. The Morgan fingerprint density at radius 3 is 2.55 bits per heavy atom. The molecule has 0 radical (unpaired) electrons. The van der Waals surface area contributed by atoms with E-state index < -0.39 is 12.1 Å². The summed E-state index contributed by atoms with van der Waals surface area (Å²) in [7, 11) is 0. The van der Waals surface area contributed by atoms with Gasteiger partial charge < -0.3 is 10.4 Å². The second-order valence-corrected chi connectivity index (χ2v) is 8.22. The Morgan fingerprint density at radius 2 is 1.91 bits per heavy atom. The number of thiophene rings is 1. The van der Waals surface area contributed by atoms with Crippen molar-refractivity contribution >= 4 is 23.2 Å². The van der Waals surface area contributed by atoms with Gasteiger partial charge in [0.1, 0.15) is 0 Å². The standard InChI is InChI=1S/C20H22N4OS.C2HF3O2/c25-20(17-4-2-1-3-5-17)21-9-6-18-13-23(12-16-8-11-26-15-16)14-19-7-10-22-24(18)19;3-2(4,5)1(6)7/h1-5,7-8,10-11,15,18H,6,9,12-14H2,(H,21,25);(H,6,7). The molecule has 0 spiro atoms. The largest absolute Gasteiger partial charge is 0.490 e. The Morgan fingerprint density at radius 1 is 1.18 bits per heavy atom. The van der Waals surface area contributed by atoms with E-state index in [-0.39, 0.29) is 11.9 Å². The third-order valence-electron chi connectivity index (χ3n) is 4.98. The summed E-state index contributed by atoms with van der Waals surface area (Å²) < 4.78 is 33.9. The van der Waals surface area contributed by atoms with Gasteiger partial charge in [0.15, 0.2) is 0 Å². The summed E-state index contributed by atoms with van der Waals surface area (Å²) in [4.78, 5) is 23.6. The number of rotatable bonds is 6. The number of hydrogen-bond donors (Lipinski definition) is 2. The Balaban J connectivity index is 0.000000383. The van der Waals surface area contributed by atoms with E-state index in [2.05, 4.69) is 42.9 Å². The van der Waals surface area contributed by atoms with Crippen LogP contribution in [-0.4, -0.2) is 50.9 Å². The normalized spacial score (nSPS) is 15.8. The first-order valence-corrected chi connectivity index (χ1v) is 11.1. The molecule has 1 atom stereocenters. The van der Waals surface area contributed by atoms with E-state index in [9.17, 15) is 18.0 Å². The number of carboxylic acids is 1. The predicted molar refractivity (Wildman–Crippen MR) is 117 cm³/mol. The van der Waals surface area contributed by atoms with Gasteiger partial charge in [-0.05, 0) is 47.0 Å². The lowest BCUT2D eigenvalue weighted by Crippen LogP contribution is -2.38. The summed E-state index contributed by atoms with van der Waals surface area (Å²) in [6.45, 7) is 3.47. The molecule has 2 aromatic heterocycles. The van der Waals surface area contributed by atoms with Crippen molar-refractivity contribution in [3.8, 4) is 0 Å². The topological polar surface area (TPSA) is 87.5 Å². The lowest BCUT2D eigenvalue weighted by atomic mass is 10.1. The van der Waals surface area contributed by atoms with Crippen molar-refractivity contribution in [3.63, 3.8) is 0 Å². The van der Waals surface area contributed by atoms with Gasteiger partial charge in [-0.2, -0.15) is 29.6 Å². The van der Waals surface area contributed by atoms with Crippen LogP contribution in [0.25, 0.3) is 0 Å². The Hall–Kier alpha value is -3.18. The van der Waals surface area contributed by atoms with Crippen LogP contribution < -0.4 is 5.32 Å². The maximum absolute atomic E-state index is 12.2. The first-order chi connectivity index (χ1) is 15.7. The number of alkyl halides is 3. The van der Waals surface area contributed by atoms with E-state index in [1.54, 1.807) is 11.3 Å². The van der Waals surface area contributed by atoms with Gasteiger partial charge in [0, 0.05) is 37.9 Å². The molecule has 1 aliphatic rings. The highest BCUT2D eigenvalue weighted by Crippen LogP contribution is 2.24. The van der Waals surface area contributed by atoms with Gasteiger partial charge in [0.2, 0.25) is 0 Å². The molecule has 0 saturated carbocycles. The summed E-state index contributed by atoms with van der Waals surface area (Å²) in [5.41, 5.74) is 3.31. The van der Waals surface area contributed by atoms with Crippen LogP contribution in [0, 0.1) is 0 Å². The fourth-order valence-corrected chi connectivity index (χ4v) is 4.14. The minimum absolute atomic E-state index is 0.0165. The second-order valence-electron chi connectivity index (χ2n) is 7.44. The van der Waals surface area contributed by atoms with Gasteiger partial charge in [0.25, 0.3) is 5.91 Å². The van der Waals surface area contributed by atoms with Crippen molar-refractivity contribution < 1.29 is 27.9 Å². The number of fused-ring (bicyclic) bond motifs is 1. The van der Waals surface area contributed by atoms with Gasteiger partial charge in [-0.15, -0.1) is 0 Å². The monoisotopic (exact) mass is 480 g/mol. The fraction of sp³-hybridized carbons (Fsp3) is 0.318. The van der Waals surface area contributed by atoms with Crippen molar-refractivity contribution in [2.24, 2.45) is 0 Å². The minimum atomic E-state index is -5.08. The number of carbonyl (C=O) groups is 2. The number of amides is 1. The average Bonchev–Trinajstić information content (AvgIpc) is 3.46. The van der Waals surface area contributed by atoms with Gasteiger partial charge in [0.05, 0.1) is 11.7 Å². The molecule has 4 rings (SSSR count). The molecule has 176 valence electrons. The third-order valence-corrected chi connectivity index (χ3v) is 5.71. The SMILES string of the molecule is O=C(NCCC1CN(Cc2ccsc2)Cc2ccnn21)c1ccccc1.O=C(O)C(F)(F)F. The molecule has 3 heterocycles. The van der Waals surface area contributed by atoms with Crippen LogP contribution in [0.4, 0.5) is 13.2 Å². The van der Waals surface area contributed by atoms with Gasteiger partial charge in [-0.1, -0.05) is 18.2 Å². The highest BCUT2D eigenvalue weighted by Gasteiger charge is 2.38. The molecule has 0 saturated heterocycles. The zero-order valence-corrected chi connectivity index (χ0v) is 18.4. The molecular formula is C22H23F3N4O3S. The molecule has 1 aliphatic heterocycles. The number of carbonyl (C=O) groups excluding carboxylic acids is 1. The highest BCUT2D eigenvalue weighted by molar-refractivity contribution is 7.07. The summed E-state index contributed by atoms with van der Waals surface area (Å²) in [6.07, 6.45) is -2.34. The molecule has 0 fully saturated rings. The fourth-order valence-electron chi connectivity index (χ4n) is 3.48. The zero-order chi connectivity index (χ0) is 23.8. The highest BCUT2D eigenvalue weighted by atomic mass is 32.1. The molecule has 2 N–H and O–H groups in total. The van der Waals surface area contributed by atoms with Crippen molar-refractivity contribution in [1.29, 1.82) is 0 Å². The first kappa shape index (κ1) is 24.5. The first-order valence-electron chi connectivity index (χ1n) is 10.1. The number of hydrogen-bond acceptors (Lipinski definition) is 5. The van der Waals surface area contributed by atoms with E-state index in [1.807, 2.05) is 36.5 Å². The van der Waals surface area contributed by atoms with Gasteiger partial charge >= 0.3 is 12.1 Å². The van der Waals surface area contributed by atoms with Crippen LogP contribution in [0.5, 0.6) is 0 Å². The molecular weight excluding hydrogens is 457 g/mol. The summed E-state index contributed by atoms with van der Waals surface area (Å²) in [5.74, 6) is -2.77. The third kappa shape index (κ3) is 7.16. The number of nitrogens with zero attached hydrogens (tertiary/aromatic N) is 3. The summed E-state index contributed by atoms with van der Waals surface area (Å²) in [6, 6.07) is 13.9. The van der Waals surface area contributed by atoms with E-state index in [4.69, 9.17) is 9.90 Å². The van der Waals surface area contributed by atoms with Crippen molar-refractivity contribution in [2.75, 3.05) is 13.1 Å². The smallest absolute Gasteiger partial charge is 0.475 e. The number of benzene rings is 1. The quantitative estimate of drug-likeness (QED) is 0.558. The number of aromatic nitrogens is 2. The van der Waals surface area contributed by atoms with Crippen LogP contribution >= 0.6 is 11.3 Å². The number of nitrogens with one attached hydrogen (secondary N) is 1. The lowest BCUT2D eigenvalue weighted by Gasteiger charge is -2.33. The molecule has 3 aromatic rings. The van der Waals surface area contributed by atoms with Gasteiger partial charge in [-0.3, -0.25) is 14.4 Å². The van der Waals surface area contributed by atoms with Crippen LogP contribution in [0.1, 0.15) is 34.1 Å². The van der Waals surface area contributed by atoms with Crippen LogP contribution in [0.15, 0.2) is 59.4 Å². The number of carboxylic acid groups (broad SMARTS) is 1. The van der Waals surface area contributed by atoms with E-state index in [1.165, 1.54) is 11.3 Å². The lowest BCUT2D eigenvalue weighted by molar-refractivity contribution is -0.192. The van der Waals surface area contributed by atoms with Crippen LogP contribution in [0.3, 0.4) is 0 Å². The Kier molecular flexibility index (Phi) is 8.23. The minimum Gasteiger partial charge on any atom is -0.475 e. The summed E-state index contributed by atoms with van der Waals surface area (Å²) >= 11 is 1.74. The predicted octanol–water partition coefficient (Wildman–Crippen LogP) is 3.95. The Labute approximate surface area is 192 Å². The van der Waals surface area contributed by atoms with Crippen LogP contribution in [-0.2, 0) is 17.9 Å². The molecule has 7 nitrogen and oxygen atoms in total. The maximum atomic E-state index is 12.2. The van der Waals surface area contributed by atoms with Crippen molar-refractivity contribution in [1.82, 2.24) is 20.0 Å². The number of aliphatic carboxylic acids is 1. The molecule has 1 unspecified atom stereocenters. The van der Waals surface area contributed by atoms with Crippen molar-refractivity contribution in [2.45, 2.75) is 31.7 Å². The van der Waals surface area contributed by atoms with Gasteiger partial charge in [-0.25, -0.2) is 4.79 Å². The molecule has 11 heteroatoms. The Bertz CT molecular complexity index is 1040. The number of halogens is 3. The van der Waals surface area contributed by atoms with Crippen molar-refractivity contribution in [3.05, 3.63) is 76.2 Å². The molecule has 1 amide bonds. The van der Waals surface area contributed by atoms with E-state index in [0.717, 1.165) is 26.1 Å². The van der Waals surface area contributed by atoms with E-state index in [0.29, 0.717) is 12.1 Å². The molecule has 1 aromatic carbocycles. The zero-order valence-electron chi connectivity index (χ0n) is 17.5. The van der Waals surface area contributed by atoms with Crippen LogP contribution in [0.2, 0.25) is 0 Å². The average molecular weight is 481 g/mol. The van der Waals surface area contributed by atoms with E-state index >= 15 is 0 Å². The summed E-state index contributed by atoms with van der Waals surface area (Å²) in [5, 5.41) is 19.0.